The lowest BCUT2D eigenvalue weighted by Gasteiger charge is -2.06. The summed E-state index contributed by atoms with van der Waals surface area (Å²) in [5, 5.41) is 8.79. The minimum absolute atomic E-state index is 0.571. The van der Waals surface area contributed by atoms with E-state index >= 15 is 0 Å². The zero-order valence-corrected chi connectivity index (χ0v) is 14.3. The van der Waals surface area contributed by atoms with E-state index in [-0.39, 0.29) is 0 Å². The van der Waals surface area contributed by atoms with E-state index in [1.807, 2.05) is 40.9 Å². The Labute approximate surface area is 149 Å². The highest BCUT2D eigenvalue weighted by atomic mass is 16.5. The molecule has 0 radical (unpaired) electrons. The van der Waals surface area contributed by atoms with Crippen LogP contribution in [0, 0.1) is 0 Å². The molecule has 26 heavy (non-hydrogen) atoms. The number of ether oxygens (including phenoxy) is 2. The van der Waals surface area contributed by atoms with Crippen molar-refractivity contribution in [3.63, 3.8) is 0 Å². The minimum Gasteiger partial charge on any atom is -0.497 e. The molecule has 0 aliphatic rings. The summed E-state index contributed by atoms with van der Waals surface area (Å²) in [5.74, 6) is 2.46. The van der Waals surface area contributed by atoms with E-state index in [1.54, 1.807) is 38.7 Å². The summed E-state index contributed by atoms with van der Waals surface area (Å²) in [7, 11) is 3.18. The summed E-state index contributed by atoms with van der Waals surface area (Å²) < 4.78 is 17.9. The maximum Gasteiger partial charge on any atom is 0.190 e. The molecule has 1 aromatic carbocycles. The number of benzene rings is 1. The molecule has 0 bridgehead atoms. The largest absolute Gasteiger partial charge is 0.497 e. The molecule has 0 spiro atoms. The zero-order chi connectivity index (χ0) is 17.9. The number of methoxy groups -OCH3 is 2. The number of rotatable bonds is 5. The second kappa shape index (κ2) is 6.72. The van der Waals surface area contributed by atoms with Crippen LogP contribution in [0.5, 0.6) is 11.5 Å². The van der Waals surface area contributed by atoms with E-state index in [0.29, 0.717) is 34.5 Å². The van der Waals surface area contributed by atoms with Gasteiger partial charge >= 0.3 is 0 Å². The molecule has 0 atom stereocenters. The summed E-state index contributed by atoms with van der Waals surface area (Å²) in [6.07, 6.45) is 3.49. The van der Waals surface area contributed by atoms with Gasteiger partial charge in [0, 0.05) is 12.3 Å². The molecule has 7 nitrogen and oxygen atoms in total. The van der Waals surface area contributed by atoms with E-state index in [1.165, 1.54) is 0 Å². The molecule has 0 saturated heterocycles. The topological polar surface area (TPSA) is 73.6 Å². The van der Waals surface area contributed by atoms with Gasteiger partial charge in [0.1, 0.15) is 22.8 Å². The van der Waals surface area contributed by atoms with Crippen LogP contribution in [-0.2, 0) is 0 Å². The Morgan fingerprint density at radius 3 is 2.69 bits per heavy atom. The van der Waals surface area contributed by atoms with E-state index < -0.39 is 0 Å². The Hall–Kier alpha value is -3.61. The van der Waals surface area contributed by atoms with Crippen LogP contribution in [0.25, 0.3) is 17.1 Å². The van der Waals surface area contributed by atoms with Crippen molar-refractivity contribution in [2.24, 2.45) is 10.2 Å². The molecule has 7 heteroatoms. The summed E-state index contributed by atoms with van der Waals surface area (Å²) in [5.41, 5.74) is 1.97. The van der Waals surface area contributed by atoms with Crippen LogP contribution in [0.4, 0.5) is 11.5 Å². The predicted octanol–water partition coefficient (Wildman–Crippen LogP) is 5.03. The molecule has 3 aromatic heterocycles. The van der Waals surface area contributed by atoms with Gasteiger partial charge in [0.2, 0.25) is 0 Å². The Morgan fingerprint density at radius 1 is 1.00 bits per heavy atom. The standard InChI is InChI=1S/C19H16N4O3/c1-24-13-8-9-14(16(12-13)25-2)21-22-19-18(15-6-5-11-26-15)20-17-7-3-4-10-23(17)19/h3-12H,1-2H3. The lowest BCUT2D eigenvalue weighted by atomic mass is 10.3. The lowest BCUT2D eigenvalue weighted by molar-refractivity contribution is 0.395. The first-order valence-corrected chi connectivity index (χ1v) is 7.95. The van der Waals surface area contributed by atoms with Gasteiger partial charge in [0.05, 0.1) is 20.5 Å². The number of aromatic nitrogens is 2. The molecule has 0 N–H and O–H groups in total. The van der Waals surface area contributed by atoms with Crippen LogP contribution in [0.15, 0.2) is 75.6 Å². The van der Waals surface area contributed by atoms with Crippen molar-refractivity contribution >= 4 is 17.2 Å². The van der Waals surface area contributed by atoms with Crippen molar-refractivity contribution in [2.75, 3.05) is 14.2 Å². The molecule has 4 aromatic rings. The van der Waals surface area contributed by atoms with E-state index in [4.69, 9.17) is 13.9 Å². The van der Waals surface area contributed by atoms with Gasteiger partial charge < -0.3 is 13.9 Å². The molecule has 0 amide bonds. The highest BCUT2D eigenvalue weighted by Gasteiger charge is 2.16. The van der Waals surface area contributed by atoms with Crippen molar-refractivity contribution in [3.8, 4) is 23.0 Å². The lowest BCUT2D eigenvalue weighted by Crippen LogP contribution is -1.87. The van der Waals surface area contributed by atoms with Crippen LogP contribution in [-0.4, -0.2) is 23.6 Å². The van der Waals surface area contributed by atoms with E-state index in [9.17, 15) is 0 Å². The number of imidazole rings is 1. The van der Waals surface area contributed by atoms with Gasteiger partial charge in [0.15, 0.2) is 17.3 Å². The quantitative estimate of drug-likeness (QED) is 0.474. The molecule has 0 aliphatic heterocycles. The molecule has 0 fully saturated rings. The van der Waals surface area contributed by atoms with Gasteiger partial charge in [-0.05, 0) is 36.4 Å². The van der Waals surface area contributed by atoms with Gasteiger partial charge in [-0.25, -0.2) is 4.98 Å². The average Bonchev–Trinajstić information content (AvgIpc) is 3.34. The fraction of sp³-hybridized carbons (Fsp3) is 0.105. The molecule has 0 saturated carbocycles. The highest BCUT2D eigenvalue weighted by molar-refractivity contribution is 5.71. The summed E-state index contributed by atoms with van der Waals surface area (Å²) in [4.78, 5) is 4.60. The number of pyridine rings is 1. The number of fused-ring (bicyclic) bond motifs is 1. The highest BCUT2D eigenvalue weighted by Crippen LogP contribution is 2.35. The predicted molar refractivity (Wildman–Crippen MR) is 96.6 cm³/mol. The Kier molecular flexibility index (Phi) is 4.10. The molecular weight excluding hydrogens is 332 g/mol. The van der Waals surface area contributed by atoms with Crippen molar-refractivity contribution < 1.29 is 13.9 Å². The first kappa shape index (κ1) is 15.9. The molecule has 4 rings (SSSR count). The third-order valence-corrected chi connectivity index (χ3v) is 3.90. The minimum atomic E-state index is 0.571. The first-order chi connectivity index (χ1) is 12.8. The van der Waals surface area contributed by atoms with Gasteiger partial charge in [-0.1, -0.05) is 6.07 Å². The van der Waals surface area contributed by atoms with Gasteiger partial charge in [-0.15, -0.1) is 10.2 Å². The smallest absolute Gasteiger partial charge is 0.190 e. The Bertz CT molecular complexity index is 1070. The number of nitrogens with zero attached hydrogens (tertiary/aromatic N) is 4. The van der Waals surface area contributed by atoms with Crippen LogP contribution >= 0.6 is 0 Å². The van der Waals surface area contributed by atoms with Crippen LogP contribution in [0.1, 0.15) is 0 Å². The zero-order valence-electron chi connectivity index (χ0n) is 14.3. The summed E-state index contributed by atoms with van der Waals surface area (Å²) in [6, 6.07) is 14.7. The second-order valence-electron chi connectivity index (χ2n) is 5.43. The molecule has 0 aliphatic carbocycles. The van der Waals surface area contributed by atoms with Crippen LogP contribution < -0.4 is 9.47 Å². The maximum atomic E-state index is 5.50. The first-order valence-electron chi connectivity index (χ1n) is 7.95. The maximum absolute atomic E-state index is 5.50. The number of hydrogen-bond donors (Lipinski definition) is 0. The molecule has 130 valence electrons. The Morgan fingerprint density at radius 2 is 1.92 bits per heavy atom. The number of hydrogen-bond acceptors (Lipinski definition) is 6. The number of furan rings is 1. The summed E-state index contributed by atoms with van der Waals surface area (Å²) >= 11 is 0. The van der Waals surface area contributed by atoms with Crippen LogP contribution in [0.3, 0.4) is 0 Å². The molecule has 3 heterocycles. The average molecular weight is 348 g/mol. The van der Waals surface area contributed by atoms with E-state index in [2.05, 4.69) is 15.2 Å². The van der Waals surface area contributed by atoms with Crippen molar-refractivity contribution in [2.45, 2.75) is 0 Å². The Balaban J connectivity index is 1.82. The molecular formula is C19H16N4O3. The van der Waals surface area contributed by atoms with Gasteiger partial charge in [-0.2, -0.15) is 0 Å². The fourth-order valence-electron chi connectivity index (χ4n) is 2.63. The van der Waals surface area contributed by atoms with Crippen LogP contribution in [0.2, 0.25) is 0 Å². The van der Waals surface area contributed by atoms with Crippen molar-refractivity contribution in [1.82, 2.24) is 9.38 Å². The van der Waals surface area contributed by atoms with Gasteiger partial charge in [-0.3, -0.25) is 4.40 Å². The normalized spacial score (nSPS) is 11.3. The number of azo groups is 1. The van der Waals surface area contributed by atoms with Gasteiger partial charge in [0.25, 0.3) is 0 Å². The van der Waals surface area contributed by atoms with Crippen molar-refractivity contribution in [1.29, 1.82) is 0 Å². The fourth-order valence-corrected chi connectivity index (χ4v) is 2.63. The third-order valence-electron chi connectivity index (χ3n) is 3.90. The second-order valence-corrected chi connectivity index (χ2v) is 5.43. The third kappa shape index (κ3) is 2.79. The summed E-state index contributed by atoms with van der Waals surface area (Å²) in [6.45, 7) is 0. The SMILES string of the molecule is COc1ccc(N=Nc2c(-c3ccco3)nc3ccccn23)c(OC)c1. The molecule has 0 unspecified atom stereocenters. The monoisotopic (exact) mass is 348 g/mol. The van der Waals surface area contributed by atoms with E-state index in [0.717, 1.165) is 5.65 Å². The van der Waals surface area contributed by atoms with Crippen molar-refractivity contribution in [3.05, 3.63) is 61.0 Å².